The summed E-state index contributed by atoms with van der Waals surface area (Å²) >= 11 is 1.77. The van der Waals surface area contributed by atoms with Gasteiger partial charge in [-0.2, -0.15) is 0 Å². The van der Waals surface area contributed by atoms with E-state index in [0.717, 1.165) is 18.9 Å². The first-order chi connectivity index (χ1) is 10.6. The number of carbonyl (C=O) groups is 1. The lowest BCUT2D eigenvalue weighted by atomic mass is 10.1. The summed E-state index contributed by atoms with van der Waals surface area (Å²) in [6.07, 6.45) is 1.40. The molecule has 2 atom stereocenters. The number of carbonyl (C=O) groups excluding carboxylic acids is 1. The third-order valence-electron chi connectivity index (χ3n) is 3.49. The lowest BCUT2D eigenvalue weighted by Gasteiger charge is -2.16. The molecule has 124 valence electrons. The van der Waals surface area contributed by atoms with Gasteiger partial charge in [-0.25, -0.2) is 0 Å². The fraction of sp³-hybridized carbons (Fsp3) is 0.625. The number of aliphatic imine (C=N–C) groups is 1. The van der Waals surface area contributed by atoms with E-state index >= 15 is 0 Å². The molecule has 3 N–H and O–H groups in total. The summed E-state index contributed by atoms with van der Waals surface area (Å²) in [5.74, 6) is 1.25. The molecule has 0 radical (unpaired) electrons. The monoisotopic (exact) mass is 324 g/mol. The van der Waals surface area contributed by atoms with Crippen molar-refractivity contribution in [1.29, 1.82) is 0 Å². The minimum absolute atomic E-state index is 0.0734. The SMILES string of the molecule is CCC(C)NC(=O)CCNC(=NC)NCC(C)c1cccs1. The zero-order chi connectivity index (χ0) is 16.4. The van der Waals surface area contributed by atoms with E-state index in [-0.39, 0.29) is 11.9 Å². The lowest BCUT2D eigenvalue weighted by molar-refractivity contribution is -0.121. The van der Waals surface area contributed by atoms with Gasteiger partial charge in [-0.3, -0.25) is 9.79 Å². The molecule has 0 aliphatic heterocycles. The van der Waals surface area contributed by atoms with Crippen molar-refractivity contribution >= 4 is 23.2 Å². The topological polar surface area (TPSA) is 65.5 Å². The minimum Gasteiger partial charge on any atom is -0.356 e. The highest BCUT2D eigenvalue weighted by Gasteiger charge is 2.08. The third-order valence-corrected chi connectivity index (χ3v) is 4.60. The molecule has 2 unspecified atom stereocenters. The van der Waals surface area contributed by atoms with Gasteiger partial charge in [0, 0.05) is 43.4 Å². The molecule has 1 aromatic heterocycles. The third kappa shape index (κ3) is 6.93. The molecule has 6 heteroatoms. The van der Waals surface area contributed by atoms with Crippen LogP contribution in [0.1, 0.15) is 44.4 Å². The smallest absolute Gasteiger partial charge is 0.221 e. The van der Waals surface area contributed by atoms with E-state index in [0.29, 0.717) is 18.9 Å². The van der Waals surface area contributed by atoms with Crippen molar-refractivity contribution in [3.63, 3.8) is 0 Å². The zero-order valence-electron chi connectivity index (χ0n) is 14.0. The summed E-state index contributed by atoms with van der Waals surface area (Å²) in [5.41, 5.74) is 0. The Kier molecular flexibility index (Phi) is 8.58. The van der Waals surface area contributed by atoms with Crippen LogP contribution in [-0.2, 0) is 4.79 Å². The molecule has 1 amide bonds. The van der Waals surface area contributed by atoms with E-state index in [9.17, 15) is 4.79 Å². The molecule has 0 bridgehead atoms. The lowest BCUT2D eigenvalue weighted by Crippen LogP contribution is -2.41. The molecular weight excluding hydrogens is 296 g/mol. The summed E-state index contributed by atoms with van der Waals surface area (Å²) in [6, 6.07) is 4.45. The summed E-state index contributed by atoms with van der Waals surface area (Å²) < 4.78 is 0. The molecule has 0 saturated heterocycles. The maximum atomic E-state index is 11.7. The van der Waals surface area contributed by atoms with Crippen LogP contribution in [0.3, 0.4) is 0 Å². The van der Waals surface area contributed by atoms with Crippen molar-refractivity contribution in [1.82, 2.24) is 16.0 Å². The van der Waals surface area contributed by atoms with Crippen LogP contribution < -0.4 is 16.0 Å². The Balaban J connectivity index is 2.24. The number of nitrogens with zero attached hydrogens (tertiary/aromatic N) is 1. The summed E-state index contributed by atoms with van der Waals surface area (Å²) in [7, 11) is 1.74. The van der Waals surface area contributed by atoms with Gasteiger partial charge < -0.3 is 16.0 Å². The van der Waals surface area contributed by atoms with E-state index in [2.05, 4.69) is 52.3 Å². The number of nitrogens with one attached hydrogen (secondary N) is 3. The average Bonchev–Trinajstić information content (AvgIpc) is 3.04. The standard InChI is InChI=1S/C16H28N4OS/c1-5-13(3)20-15(21)8-9-18-16(17-4)19-11-12(2)14-7-6-10-22-14/h6-7,10,12-13H,5,8-9,11H2,1-4H3,(H,20,21)(H2,17,18,19). The maximum Gasteiger partial charge on any atom is 0.221 e. The Morgan fingerprint density at radius 1 is 1.36 bits per heavy atom. The van der Waals surface area contributed by atoms with E-state index in [1.807, 2.05) is 6.92 Å². The fourth-order valence-corrected chi connectivity index (χ4v) is 2.67. The second-order valence-electron chi connectivity index (χ2n) is 5.42. The highest BCUT2D eigenvalue weighted by atomic mass is 32.1. The van der Waals surface area contributed by atoms with Crippen LogP contribution in [0.4, 0.5) is 0 Å². The first kappa shape index (κ1) is 18.5. The first-order valence-corrected chi connectivity index (χ1v) is 8.72. The van der Waals surface area contributed by atoms with Gasteiger partial charge in [-0.15, -0.1) is 11.3 Å². The predicted molar refractivity (Wildman–Crippen MR) is 94.6 cm³/mol. The summed E-state index contributed by atoms with van der Waals surface area (Å²) in [4.78, 5) is 17.2. The Bertz CT molecular complexity index is 459. The molecule has 1 rings (SSSR count). The van der Waals surface area contributed by atoms with Crippen LogP contribution in [0.25, 0.3) is 0 Å². The van der Waals surface area contributed by atoms with Gasteiger partial charge in [0.15, 0.2) is 5.96 Å². The molecule has 0 aromatic carbocycles. The molecule has 0 aliphatic carbocycles. The molecule has 1 heterocycles. The van der Waals surface area contributed by atoms with Crippen molar-refractivity contribution in [3.05, 3.63) is 22.4 Å². The number of rotatable bonds is 8. The molecule has 0 fully saturated rings. The number of guanidine groups is 1. The number of hydrogen-bond donors (Lipinski definition) is 3. The highest BCUT2D eigenvalue weighted by Crippen LogP contribution is 2.19. The van der Waals surface area contributed by atoms with Crippen LogP contribution in [-0.4, -0.2) is 38.0 Å². The van der Waals surface area contributed by atoms with Gasteiger partial charge in [-0.1, -0.05) is 19.9 Å². The average molecular weight is 324 g/mol. The van der Waals surface area contributed by atoms with E-state index in [1.54, 1.807) is 18.4 Å². The Hall–Kier alpha value is -1.56. The van der Waals surface area contributed by atoms with Gasteiger partial charge >= 0.3 is 0 Å². The van der Waals surface area contributed by atoms with Crippen molar-refractivity contribution in [2.45, 2.75) is 45.6 Å². The van der Waals surface area contributed by atoms with Crippen molar-refractivity contribution in [3.8, 4) is 0 Å². The fourth-order valence-electron chi connectivity index (χ4n) is 1.89. The van der Waals surface area contributed by atoms with Crippen LogP contribution in [0, 0.1) is 0 Å². The molecule has 22 heavy (non-hydrogen) atoms. The molecule has 1 aromatic rings. The molecule has 0 saturated carbocycles. The summed E-state index contributed by atoms with van der Waals surface area (Å²) in [6.45, 7) is 7.65. The second kappa shape index (κ2) is 10.2. The highest BCUT2D eigenvalue weighted by molar-refractivity contribution is 7.10. The van der Waals surface area contributed by atoms with Gasteiger partial charge in [0.25, 0.3) is 0 Å². The van der Waals surface area contributed by atoms with Crippen molar-refractivity contribution < 1.29 is 4.79 Å². The van der Waals surface area contributed by atoms with Gasteiger partial charge in [0.2, 0.25) is 5.91 Å². The largest absolute Gasteiger partial charge is 0.356 e. The van der Waals surface area contributed by atoms with Crippen LogP contribution in [0.2, 0.25) is 0 Å². The molecule has 0 spiro atoms. The Morgan fingerprint density at radius 2 is 2.14 bits per heavy atom. The second-order valence-corrected chi connectivity index (χ2v) is 6.40. The Morgan fingerprint density at radius 3 is 2.73 bits per heavy atom. The minimum atomic E-state index is 0.0734. The van der Waals surface area contributed by atoms with Crippen LogP contribution in [0.5, 0.6) is 0 Å². The quantitative estimate of drug-likeness (QED) is 0.508. The van der Waals surface area contributed by atoms with E-state index < -0.39 is 0 Å². The number of amides is 1. The van der Waals surface area contributed by atoms with Gasteiger partial charge in [-0.05, 0) is 24.8 Å². The number of hydrogen-bond acceptors (Lipinski definition) is 3. The van der Waals surface area contributed by atoms with Gasteiger partial charge in [0.05, 0.1) is 0 Å². The molecular formula is C16H28N4OS. The zero-order valence-corrected chi connectivity index (χ0v) is 14.8. The van der Waals surface area contributed by atoms with Crippen molar-refractivity contribution in [2.75, 3.05) is 20.1 Å². The van der Waals surface area contributed by atoms with Crippen LogP contribution in [0.15, 0.2) is 22.5 Å². The molecule has 5 nitrogen and oxygen atoms in total. The Labute approximate surface area is 137 Å². The normalized spacial score (nSPS) is 14.3. The summed E-state index contributed by atoms with van der Waals surface area (Å²) in [5, 5.41) is 11.5. The first-order valence-electron chi connectivity index (χ1n) is 7.84. The molecule has 0 aliphatic rings. The predicted octanol–water partition coefficient (Wildman–Crippen LogP) is 2.32. The van der Waals surface area contributed by atoms with Gasteiger partial charge in [0.1, 0.15) is 0 Å². The van der Waals surface area contributed by atoms with Crippen LogP contribution >= 0.6 is 11.3 Å². The van der Waals surface area contributed by atoms with E-state index in [1.165, 1.54) is 4.88 Å². The number of thiophene rings is 1. The van der Waals surface area contributed by atoms with E-state index in [4.69, 9.17) is 0 Å². The maximum absolute atomic E-state index is 11.7. The van der Waals surface area contributed by atoms with Crippen molar-refractivity contribution in [2.24, 2.45) is 4.99 Å².